The van der Waals surface area contributed by atoms with Crippen LogP contribution in [0.25, 0.3) is 27.7 Å². The Bertz CT molecular complexity index is 1640. The van der Waals surface area contributed by atoms with E-state index in [0.717, 1.165) is 34.2 Å². The van der Waals surface area contributed by atoms with Crippen LogP contribution in [0, 0.1) is 0 Å². The van der Waals surface area contributed by atoms with Gasteiger partial charge in [-0.25, -0.2) is 10.1 Å². The molecule has 0 aliphatic carbocycles. The fourth-order valence-electron chi connectivity index (χ4n) is 4.24. The second-order valence-electron chi connectivity index (χ2n) is 9.09. The van der Waals surface area contributed by atoms with Gasteiger partial charge >= 0.3 is 0 Å². The molecule has 2 N–H and O–H groups in total. The van der Waals surface area contributed by atoms with Crippen LogP contribution in [0.3, 0.4) is 0 Å². The number of carbonyl (C=O) groups is 2. The molecule has 0 atom stereocenters. The van der Waals surface area contributed by atoms with Crippen LogP contribution in [0.15, 0.2) is 108 Å². The molecule has 0 radical (unpaired) electrons. The Kier molecular flexibility index (Phi) is 8.26. The third-order valence-electron chi connectivity index (χ3n) is 6.20. The van der Waals surface area contributed by atoms with Gasteiger partial charge in [0.05, 0.1) is 25.1 Å². The van der Waals surface area contributed by atoms with Crippen LogP contribution in [0.5, 0.6) is 5.75 Å². The number of fused-ring (bicyclic) bond motifs is 1. The zero-order valence-corrected chi connectivity index (χ0v) is 22.1. The molecule has 2 amide bonds. The zero-order chi connectivity index (χ0) is 27.7. The van der Waals surface area contributed by atoms with Crippen molar-refractivity contribution < 1.29 is 14.3 Å². The van der Waals surface area contributed by atoms with Gasteiger partial charge in [0.25, 0.3) is 11.8 Å². The van der Waals surface area contributed by atoms with Crippen molar-refractivity contribution in [2.75, 3.05) is 13.2 Å². The summed E-state index contributed by atoms with van der Waals surface area (Å²) in [6.45, 7) is 2.50. The number of hydrogen-bond acceptors (Lipinski definition) is 5. The Balaban J connectivity index is 1.28. The van der Waals surface area contributed by atoms with E-state index >= 15 is 0 Å². The molecule has 0 aliphatic rings. The molecule has 5 aromatic rings. The second-order valence-corrected chi connectivity index (χ2v) is 9.09. The highest BCUT2D eigenvalue weighted by molar-refractivity contribution is 6.07. The molecule has 0 saturated heterocycles. The lowest BCUT2D eigenvalue weighted by Crippen LogP contribution is -2.35. The molecule has 0 spiro atoms. The molecule has 0 fully saturated rings. The molecule has 1 aromatic heterocycles. The first-order valence-corrected chi connectivity index (χ1v) is 13.1. The lowest BCUT2D eigenvalue weighted by Gasteiger charge is -2.07. The number of nitrogens with zero attached hydrogens (tertiary/aromatic N) is 3. The number of hydrogen-bond donors (Lipinski definition) is 2. The largest absolute Gasteiger partial charge is 0.494 e. The topological polar surface area (TPSA) is 97.6 Å². The lowest BCUT2D eigenvalue weighted by molar-refractivity contribution is -0.120. The molecule has 40 heavy (non-hydrogen) atoms. The summed E-state index contributed by atoms with van der Waals surface area (Å²) in [6, 6.07) is 30.6. The van der Waals surface area contributed by atoms with E-state index in [-0.39, 0.29) is 12.5 Å². The molecule has 0 unspecified atom stereocenters. The first-order valence-electron chi connectivity index (χ1n) is 13.1. The van der Waals surface area contributed by atoms with Gasteiger partial charge in [-0.05, 0) is 59.7 Å². The van der Waals surface area contributed by atoms with Crippen LogP contribution in [-0.4, -0.2) is 41.0 Å². The minimum atomic E-state index is -0.445. The molecule has 0 bridgehead atoms. The summed E-state index contributed by atoms with van der Waals surface area (Å²) >= 11 is 0. The number of aromatic nitrogens is 2. The van der Waals surface area contributed by atoms with Crippen molar-refractivity contribution in [3.63, 3.8) is 0 Å². The first kappa shape index (κ1) is 26.4. The number of carbonyl (C=O) groups excluding carboxylic acids is 2. The zero-order valence-electron chi connectivity index (χ0n) is 22.1. The molecule has 4 aromatic carbocycles. The number of amides is 2. The van der Waals surface area contributed by atoms with E-state index in [0.29, 0.717) is 23.4 Å². The minimum absolute atomic E-state index is 0.214. The van der Waals surface area contributed by atoms with Gasteiger partial charge in [-0.1, -0.05) is 61.5 Å². The highest BCUT2D eigenvalue weighted by Gasteiger charge is 2.13. The van der Waals surface area contributed by atoms with E-state index in [4.69, 9.17) is 9.84 Å². The van der Waals surface area contributed by atoms with Gasteiger partial charge in [0.1, 0.15) is 11.4 Å². The van der Waals surface area contributed by atoms with Crippen molar-refractivity contribution in [1.82, 2.24) is 20.5 Å². The summed E-state index contributed by atoms with van der Waals surface area (Å²) in [5.41, 5.74) is 6.20. The summed E-state index contributed by atoms with van der Waals surface area (Å²) < 4.78 is 7.47. The van der Waals surface area contributed by atoms with Gasteiger partial charge in [0.15, 0.2) is 0 Å². The SMILES string of the molecule is CCCOc1ccc(-c2nn(-c3ccccc3)cc2/C=N\NC(=O)CNC(=O)c2cccc3ccccc23)cc1. The van der Waals surface area contributed by atoms with Crippen molar-refractivity contribution in [2.24, 2.45) is 5.10 Å². The first-order chi connectivity index (χ1) is 19.6. The molecule has 0 saturated carbocycles. The molecule has 200 valence electrons. The van der Waals surface area contributed by atoms with E-state index in [9.17, 15) is 9.59 Å². The summed E-state index contributed by atoms with van der Waals surface area (Å²) in [6.07, 6.45) is 4.33. The van der Waals surface area contributed by atoms with Crippen molar-refractivity contribution in [3.05, 3.63) is 114 Å². The lowest BCUT2D eigenvalue weighted by atomic mass is 10.0. The fourth-order valence-corrected chi connectivity index (χ4v) is 4.24. The van der Waals surface area contributed by atoms with E-state index in [2.05, 4.69) is 22.8 Å². The molecule has 0 aliphatic heterocycles. The summed E-state index contributed by atoms with van der Waals surface area (Å²) in [7, 11) is 0. The van der Waals surface area contributed by atoms with Crippen LogP contribution >= 0.6 is 0 Å². The van der Waals surface area contributed by atoms with Crippen LogP contribution in [0.1, 0.15) is 29.3 Å². The standard InChI is InChI=1S/C32H29N5O3/c1-2-19-40-27-17-15-24(16-18-27)31-25(22-37(36-31)26-11-4-3-5-12-26)20-34-35-30(38)21-33-32(39)29-14-8-10-23-9-6-7-13-28(23)29/h3-18,20,22H,2,19,21H2,1H3,(H,33,39)(H,35,38)/b34-20-. The Morgan fingerprint density at radius 1 is 0.925 bits per heavy atom. The minimum Gasteiger partial charge on any atom is -0.494 e. The monoisotopic (exact) mass is 531 g/mol. The van der Waals surface area contributed by atoms with Gasteiger partial charge in [-0.15, -0.1) is 0 Å². The van der Waals surface area contributed by atoms with Crippen LogP contribution in [-0.2, 0) is 4.79 Å². The molecule has 8 nitrogen and oxygen atoms in total. The van der Waals surface area contributed by atoms with Crippen LogP contribution < -0.4 is 15.5 Å². The van der Waals surface area contributed by atoms with E-state index < -0.39 is 5.91 Å². The number of nitrogens with one attached hydrogen (secondary N) is 2. The normalized spacial score (nSPS) is 11.0. The third kappa shape index (κ3) is 6.24. The maximum Gasteiger partial charge on any atom is 0.259 e. The van der Waals surface area contributed by atoms with Gasteiger partial charge < -0.3 is 10.1 Å². The number of hydrazone groups is 1. The van der Waals surface area contributed by atoms with Crippen molar-refractivity contribution in [2.45, 2.75) is 13.3 Å². The van der Waals surface area contributed by atoms with Crippen molar-refractivity contribution >= 4 is 28.8 Å². The van der Waals surface area contributed by atoms with Gasteiger partial charge in [0, 0.05) is 22.9 Å². The predicted molar refractivity (Wildman–Crippen MR) is 157 cm³/mol. The van der Waals surface area contributed by atoms with E-state index in [1.807, 2.05) is 97.2 Å². The fraction of sp³-hybridized carbons (Fsp3) is 0.125. The Morgan fingerprint density at radius 3 is 2.48 bits per heavy atom. The second kappa shape index (κ2) is 12.5. The van der Waals surface area contributed by atoms with Crippen LogP contribution in [0.4, 0.5) is 0 Å². The number of ether oxygens (including phenoxy) is 1. The number of para-hydroxylation sites is 1. The maximum absolute atomic E-state index is 12.7. The molecular weight excluding hydrogens is 502 g/mol. The Labute approximate surface area is 232 Å². The number of benzene rings is 4. The quantitative estimate of drug-likeness (QED) is 0.187. The molecule has 5 rings (SSSR count). The predicted octanol–water partition coefficient (Wildman–Crippen LogP) is 5.36. The third-order valence-corrected chi connectivity index (χ3v) is 6.20. The maximum atomic E-state index is 12.7. The molecule has 1 heterocycles. The summed E-state index contributed by atoms with van der Waals surface area (Å²) in [5.74, 6) is 0.0223. The Morgan fingerprint density at radius 2 is 1.68 bits per heavy atom. The van der Waals surface area contributed by atoms with Gasteiger partial charge in [-0.3, -0.25) is 9.59 Å². The average Bonchev–Trinajstić information content (AvgIpc) is 3.43. The molecule has 8 heteroatoms. The Hall–Kier alpha value is -5.24. The van der Waals surface area contributed by atoms with E-state index in [1.165, 1.54) is 0 Å². The highest BCUT2D eigenvalue weighted by Crippen LogP contribution is 2.25. The van der Waals surface area contributed by atoms with Gasteiger partial charge in [0.2, 0.25) is 0 Å². The smallest absolute Gasteiger partial charge is 0.259 e. The van der Waals surface area contributed by atoms with Crippen molar-refractivity contribution in [1.29, 1.82) is 0 Å². The van der Waals surface area contributed by atoms with Gasteiger partial charge in [-0.2, -0.15) is 10.2 Å². The van der Waals surface area contributed by atoms with Crippen LogP contribution in [0.2, 0.25) is 0 Å². The van der Waals surface area contributed by atoms with E-state index in [1.54, 1.807) is 17.0 Å². The summed E-state index contributed by atoms with van der Waals surface area (Å²) in [4.78, 5) is 25.2. The number of rotatable bonds is 10. The van der Waals surface area contributed by atoms with Crippen molar-refractivity contribution in [3.8, 4) is 22.7 Å². The highest BCUT2D eigenvalue weighted by atomic mass is 16.5. The average molecular weight is 532 g/mol. The summed E-state index contributed by atoms with van der Waals surface area (Å²) in [5, 5.41) is 13.4. The molecular formula is C32H29N5O3.